The second-order valence-corrected chi connectivity index (χ2v) is 7.94. The van der Waals surface area contributed by atoms with Gasteiger partial charge in [0.05, 0.1) is 18.6 Å². The van der Waals surface area contributed by atoms with Crippen molar-refractivity contribution in [2.24, 2.45) is 5.10 Å². The van der Waals surface area contributed by atoms with Crippen LogP contribution in [0.4, 0.5) is 0 Å². The van der Waals surface area contributed by atoms with E-state index in [2.05, 4.69) is 10.4 Å². The van der Waals surface area contributed by atoms with E-state index >= 15 is 0 Å². The molecule has 1 aliphatic rings. The maximum absolute atomic E-state index is 12.9. The number of ether oxygens (including phenoxy) is 1. The van der Waals surface area contributed by atoms with Crippen molar-refractivity contribution >= 4 is 29.6 Å². The van der Waals surface area contributed by atoms with Gasteiger partial charge in [0.2, 0.25) is 12.3 Å². The molecule has 1 N–H and O–H groups in total. The first-order valence-electron chi connectivity index (χ1n) is 10.1. The SMILES string of the molecule is COc1ccccc1C=[N+]1N=C([O-])C(NC(=O)c2cccc(C)c2)C1c1ccc(Cl)cc1. The summed E-state index contributed by atoms with van der Waals surface area (Å²) in [5, 5.41) is 20.6. The summed E-state index contributed by atoms with van der Waals surface area (Å²) < 4.78 is 7.00. The number of amides is 1. The second-order valence-electron chi connectivity index (χ2n) is 7.51. The van der Waals surface area contributed by atoms with Gasteiger partial charge in [-0.05, 0) is 48.4 Å². The average Bonchev–Trinajstić information content (AvgIpc) is 3.09. The monoisotopic (exact) mass is 447 g/mol. The number of benzene rings is 3. The van der Waals surface area contributed by atoms with E-state index in [1.54, 1.807) is 42.3 Å². The van der Waals surface area contributed by atoms with Crippen LogP contribution >= 0.6 is 11.6 Å². The molecule has 0 saturated heterocycles. The highest BCUT2D eigenvalue weighted by Gasteiger charge is 2.41. The number of nitrogens with one attached hydrogen (secondary N) is 1. The Balaban J connectivity index is 1.74. The van der Waals surface area contributed by atoms with Crippen LogP contribution in [-0.4, -0.2) is 35.9 Å². The number of nitrogens with zero attached hydrogens (tertiary/aromatic N) is 2. The molecule has 32 heavy (non-hydrogen) atoms. The van der Waals surface area contributed by atoms with Gasteiger partial charge in [-0.25, -0.2) is 0 Å². The van der Waals surface area contributed by atoms with Gasteiger partial charge in [0.15, 0.2) is 0 Å². The number of hydrazone groups is 1. The van der Waals surface area contributed by atoms with Crippen LogP contribution < -0.4 is 15.2 Å². The van der Waals surface area contributed by atoms with Crippen LogP contribution in [-0.2, 0) is 0 Å². The summed E-state index contributed by atoms with van der Waals surface area (Å²) in [6, 6.07) is 20.4. The van der Waals surface area contributed by atoms with E-state index in [4.69, 9.17) is 16.3 Å². The highest BCUT2D eigenvalue weighted by atomic mass is 35.5. The number of rotatable bonds is 5. The topological polar surface area (TPSA) is 76.8 Å². The first-order chi connectivity index (χ1) is 15.5. The Labute approximate surface area is 191 Å². The molecule has 0 fully saturated rings. The molecule has 1 heterocycles. The van der Waals surface area contributed by atoms with E-state index < -0.39 is 18.0 Å². The Morgan fingerprint density at radius 2 is 1.88 bits per heavy atom. The third kappa shape index (κ3) is 4.50. The smallest absolute Gasteiger partial charge is 0.252 e. The van der Waals surface area contributed by atoms with Crippen molar-refractivity contribution < 1.29 is 19.3 Å². The molecule has 1 amide bonds. The minimum Gasteiger partial charge on any atom is -0.856 e. The minimum atomic E-state index is -0.866. The fourth-order valence-electron chi connectivity index (χ4n) is 3.71. The first kappa shape index (κ1) is 21.6. The van der Waals surface area contributed by atoms with Crippen LogP contribution in [0.5, 0.6) is 5.75 Å². The molecule has 0 aliphatic carbocycles. The van der Waals surface area contributed by atoms with Gasteiger partial charge in [-0.2, -0.15) is 0 Å². The van der Waals surface area contributed by atoms with E-state index in [9.17, 15) is 9.90 Å². The summed E-state index contributed by atoms with van der Waals surface area (Å²) in [7, 11) is 1.58. The molecule has 2 atom stereocenters. The first-order valence-corrected chi connectivity index (χ1v) is 10.5. The largest absolute Gasteiger partial charge is 0.856 e. The van der Waals surface area contributed by atoms with Crippen LogP contribution in [0.15, 0.2) is 77.9 Å². The van der Waals surface area contributed by atoms with Crippen molar-refractivity contribution in [3.8, 4) is 5.75 Å². The molecular formula is C25H22ClN3O3. The fraction of sp³-hybridized carbons (Fsp3) is 0.160. The molecule has 2 unspecified atom stereocenters. The molecule has 7 heteroatoms. The molecule has 1 aliphatic heterocycles. The number of carbonyl (C=O) groups excluding carboxylic acids is 1. The molecule has 0 aromatic heterocycles. The van der Waals surface area contributed by atoms with Gasteiger partial charge in [0, 0.05) is 16.1 Å². The van der Waals surface area contributed by atoms with Crippen LogP contribution in [0.1, 0.15) is 33.1 Å². The van der Waals surface area contributed by atoms with E-state index in [1.807, 2.05) is 55.5 Å². The van der Waals surface area contributed by atoms with Crippen molar-refractivity contribution in [2.75, 3.05) is 7.11 Å². The predicted molar refractivity (Wildman–Crippen MR) is 122 cm³/mol. The molecule has 6 nitrogen and oxygen atoms in total. The third-order valence-electron chi connectivity index (χ3n) is 5.27. The van der Waals surface area contributed by atoms with Gasteiger partial charge in [0.25, 0.3) is 5.91 Å². The fourth-order valence-corrected chi connectivity index (χ4v) is 3.83. The number of halogens is 1. The summed E-state index contributed by atoms with van der Waals surface area (Å²) in [5.74, 6) is -0.116. The lowest BCUT2D eigenvalue weighted by atomic mass is 9.99. The average molecular weight is 448 g/mol. The Kier molecular flexibility index (Phi) is 6.23. The van der Waals surface area contributed by atoms with Gasteiger partial charge < -0.3 is 15.2 Å². The van der Waals surface area contributed by atoms with Crippen LogP contribution in [0.3, 0.4) is 0 Å². The van der Waals surface area contributed by atoms with E-state index in [1.165, 1.54) is 0 Å². The zero-order valence-electron chi connectivity index (χ0n) is 17.7. The minimum absolute atomic E-state index is 0.333. The van der Waals surface area contributed by atoms with Crippen LogP contribution in [0.2, 0.25) is 5.02 Å². The summed E-state index contributed by atoms with van der Waals surface area (Å²) in [6.45, 7) is 1.91. The Morgan fingerprint density at radius 3 is 2.59 bits per heavy atom. The van der Waals surface area contributed by atoms with E-state index in [0.717, 1.165) is 16.7 Å². The second kappa shape index (κ2) is 9.24. The number of aryl methyl sites for hydroxylation is 1. The molecule has 3 aromatic carbocycles. The van der Waals surface area contributed by atoms with E-state index in [-0.39, 0.29) is 5.91 Å². The standard InChI is InChI=1S/C25H22ClN3O3/c1-16-6-5-8-18(14-16)24(30)27-22-23(17-10-12-20(26)13-11-17)29(28-25(22)31)15-19-7-3-4-9-21(19)32-2/h3-15,22-23H,1-2H3,(H-,27,28,30,31). The van der Waals surface area contributed by atoms with Gasteiger partial charge in [-0.3, -0.25) is 4.79 Å². The normalized spacial score (nSPS) is 19.0. The number of para-hydroxylation sites is 1. The number of carbonyl (C=O) groups is 1. The maximum Gasteiger partial charge on any atom is 0.252 e. The van der Waals surface area contributed by atoms with Crippen molar-refractivity contribution in [3.63, 3.8) is 0 Å². The molecule has 0 saturated carbocycles. The zero-order chi connectivity index (χ0) is 22.7. The summed E-state index contributed by atoms with van der Waals surface area (Å²) in [4.78, 5) is 12.9. The molecule has 3 aromatic rings. The van der Waals surface area contributed by atoms with Crippen molar-refractivity contribution in [2.45, 2.75) is 19.0 Å². The Hall–Kier alpha value is -3.64. The number of hydrogen-bond acceptors (Lipinski definition) is 4. The highest BCUT2D eigenvalue weighted by molar-refractivity contribution is 6.30. The third-order valence-corrected chi connectivity index (χ3v) is 5.52. The van der Waals surface area contributed by atoms with Crippen molar-refractivity contribution in [1.82, 2.24) is 5.32 Å². The van der Waals surface area contributed by atoms with Crippen molar-refractivity contribution in [1.29, 1.82) is 0 Å². The Morgan fingerprint density at radius 1 is 1.12 bits per heavy atom. The lowest BCUT2D eigenvalue weighted by Gasteiger charge is -2.20. The predicted octanol–water partition coefficient (Wildman–Crippen LogP) is 3.32. The molecule has 4 rings (SSSR count). The van der Waals surface area contributed by atoms with Gasteiger partial charge in [0.1, 0.15) is 11.8 Å². The van der Waals surface area contributed by atoms with Gasteiger partial charge in [-0.1, -0.05) is 58.2 Å². The lowest BCUT2D eigenvalue weighted by molar-refractivity contribution is -0.565. The van der Waals surface area contributed by atoms with Gasteiger partial charge >= 0.3 is 0 Å². The van der Waals surface area contributed by atoms with Crippen molar-refractivity contribution in [3.05, 3.63) is 100 Å². The quantitative estimate of drug-likeness (QED) is 0.609. The van der Waals surface area contributed by atoms with Crippen LogP contribution in [0, 0.1) is 6.92 Å². The van der Waals surface area contributed by atoms with Crippen LogP contribution in [0.25, 0.3) is 0 Å². The summed E-state index contributed by atoms with van der Waals surface area (Å²) >= 11 is 6.07. The number of methoxy groups -OCH3 is 1. The summed E-state index contributed by atoms with van der Waals surface area (Å²) in [6.07, 6.45) is 1.74. The molecule has 0 radical (unpaired) electrons. The molecule has 0 spiro atoms. The molecule has 0 bridgehead atoms. The zero-order valence-corrected chi connectivity index (χ0v) is 18.4. The number of hydrogen-bond donors (Lipinski definition) is 1. The lowest BCUT2D eigenvalue weighted by Crippen LogP contribution is -2.47. The highest BCUT2D eigenvalue weighted by Crippen LogP contribution is 2.29. The summed E-state index contributed by atoms with van der Waals surface area (Å²) in [5.41, 5.74) is 3.00. The Bertz CT molecular complexity index is 1210. The van der Waals surface area contributed by atoms with E-state index in [0.29, 0.717) is 16.3 Å². The van der Waals surface area contributed by atoms with Gasteiger partial charge in [-0.15, -0.1) is 0 Å². The molecular weight excluding hydrogens is 426 g/mol. The molecule has 162 valence electrons. The maximum atomic E-state index is 12.9.